The molecule has 138 valence electrons. The number of benzene rings is 2. The highest BCUT2D eigenvalue weighted by atomic mass is 35.5. The van der Waals surface area contributed by atoms with E-state index in [-0.39, 0.29) is 22.8 Å². The second-order valence-corrected chi connectivity index (χ2v) is 6.34. The highest BCUT2D eigenvalue weighted by molar-refractivity contribution is 6.30. The van der Waals surface area contributed by atoms with Gasteiger partial charge in [0.25, 0.3) is 11.2 Å². The number of rotatable bonds is 4. The van der Waals surface area contributed by atoms with E-state index in [9.17, 15) is 14.9 Å². The lowest BCUT2D eigenvalue weighted by atomic mass is 10.0. The number of hydrogen-bond acceptors (Lipinski definition) is 6. The molecular weight excluding hydrogens is 382 g/mol. The Morgan fingerprint density at radius 3 is 2.43 bits per heavy atom. The van der Waals surface area contributed by atoms with E-state index < -0.39 is 4.92 Å². The van der Waals surface area contributed by atoms with E-state index in [0.717, 1.165) is 0 Å². The molecule has 2 N–H and O–H groups in total. The minimum atomic E-state index is -0.475. The predicted molar refractivity (Wildman–Crippen MR) is 107 cm³/mol. The summed E-state index contributed by atoms with van der Waals surface area (Å²) < 4.78 is 0. The van der Waals surface area contributed by atoms with E-state index in [1.165, 1.54) is 18.3 Å². The van der Waals surface area contributed by atoms with Crippen molar-refractivity contribution in [1.82, 2.24) is 15.0 Å². The Labute approximate surface area is 163 Å². The first-order valence-corrected chi connectivity index (χ1v) is 8.55. The number of hydrogen-bond donors (Lipinski definition) is 2. The molecule has 0 unspecified atom stereocenters. The molecule has 0 fully saturated rings. The van der Waals surface area contributed by atoms with E-state index in [1.54, 1.807) is 42.5 Å². The number of nitrogens with zero attached hydrogens (tertiary/aromatic N) is 3. The van der Waals surface area contributed by atoms with Crippen molar-refractivity contribution in [2.45, 2.75) is 0 Å². The van der Waals surface area contributed by atoms with Crippen molar-refractivity contribution in [1.29, 1.82) is 0 Å². The Kier molecular flexibility index (Phi) is 4.46. The van der Waals surface area contributed by atoms with E-state index in [4.69, 9.17) is 11.6 Å². The van der Waals surface area contributed by atoms with Gasteiger partial charge in [0.1, 0.15) is 0 Å². The number of nitro benzene ring substituents is 1. The molecule has 0 bridgehead atoms. The van der Waals surface area contributed by atoms with Crippen molar-refractivity contribution in [2.75, 3.05) is 5.32 Å². The molecule has 4 rings (SSSR count). The summed E-state index contributed by atoms with van der Waals surface area (Å²) in [5, 5.41) is 14.7. The smallest absolute Gasteiger partial charge is 0.269 e. The zero-order valence-electron chi connectivity index (χ0n) is 14.2. The molecule has 0 spiro atoms. The van der Waals surface area contributed by atoms with E-state index in [2.05, 4.69) is 20.3 Å². The molecule has 2 aromatic heterocycles. The molecule has 0 atom stereocenters. The van der Waals surface area contributed by atoms with Crippen LogP contribution in [0, 0.1) is 10.1 Å². The number of anilines is 2. The van der Waals surface area contributed by atoms with Gasteiger partial charge in [0.2, 0.25) is 5.95 Å². The lowest BCUT2D eigenvalue weighted by Gasteiger charge is -2.08. The number of non-ortho nitro benzene ring substituents is 1. The number of H-pyrrole nitrogens is 1. The van der Waals surface area contributed by atoms with Gasteiger partial charge in [0.15, 0.2) is 5.65 Å². The third kappa shape index (κ3) is 3.40. The summed E-state index contributed by atoms with van der Waals surface area (Å²) in [6.45, 7) is 0. The molecule has 0 saturated carbocycles. The normalized spacial score (nSPS) is 10.8. The van der Waals surface area contributed by atoms with Gasteiger partial charge in [0, 0.05) is 29.0 Å². The van der Waals surface area contributed by atoms with Gasteiger partial charge in [-0.15, -0.1) is 0 Å². The van der Waals surface area contributed by atoms with Crippen molar-refractivity contribution in [3.05, 3.63) is 86.3 Å². The summed E-state index contributed by atoms with van der Waals surface area (Å²) in [6, 6.07) is 14.6. The molecule has 0 amide bonds. The summed E-state index contributed by atoms with van der Waals surface area (Å²) in [4.78, 5) is 34.3. The maximum absolute atomic E-state index is 12.7. The number of halogens is 1. The topological polar surface area (TPSA) is 114 Å². The van der Waals surface area contributed by atoms with Crippen LogP contribution >= 0.6 is 11.6 Å². The van der Waals surface area contributed by atoms with E-state index in [0.29, 0.717) is 27.2 Å². The summed E-state index contributed by atoms with van der Waals surface area (Å²) >= 11 is 5.87. The molecule has 0 aliphatic rings. The minimum absolute atomic E-state index is 0.0244. The Morgan fingerprint density at radius 1 is 1.04 bits per heavy atom. The molecule has 0 radical (unpaired) electrons. The van der Waals surface area contributed by atoms with E-state index >= 15 is 0 Å². The van der Waals surface area contributed by atoms with Gasteiger partial charge in [-0.1, -0.05) is 11.6 Å². The first-order valence-electron chi connectivity index (χ1n) is 8.18. The van der Waals surface area contributed by atoms with Crippen LogP contribution in [-0.4, -0.2) is 19.9 Å². The average Bonchev–Trinajstić information content (AvgIpc) is 2.69. The molecule has 8 nitrogen and oxygen atoms in total. The first-order chi connectivity index (χ1) is 13.5. The average molecular weight is 394 g/mol. The lowest BCUT2D eigenvalue weighted by Crippen LogP contribution is -2.13. The third-order valence-corrected chi connectivity index (χ3v) is 4.36. The molecule has 28 heavy (non-hydrogen) atoms. The molecule has 2 heterocycles. The number of aromatic nitrogens is 3. The number of nitrogens with one attached hydrogen (secondary N) is 2. The van der Waals surface area contributed by atoms with Crippen molar-refractivity contribution in [3.8, 4) is 11.1 Å². The van der Waals surface area contributed by atoms with Crippen molar-refractivity contribution < 1.29 is 4.92 Å². The molecule has 4 aromatic rings. The Hall–Kier alpha value is -3.78. The summed E-state index contributed by atoms with van der Waals surface area (Å²) in [6.07, 6.45) is 1.54. The maximum Gasteiger partial charge on any atom is 0.269 e. The maximum atomic E-state index is 12.7. The highest BCUT2D eigenvalue weighted by Gasteiger charge is 2.13. The Bertz CT molecular complexity index is 1240. The van der Waals surface area contributed by atoms with Crippen LogP contribution in [-0.2, 0) is 0 Å². The largest absolute Gasteiger partial charge is 0.326 e. The highest BCUT2D eigenvalue weighted by Crippen LogP contribution is 2.27. The second kappa shape index (κ2) is 7.09. The van der Waals surface area contributed by atoms with Crippen LogP contribution < -0.4 is 10.9 Å². The van der Waals surface area contributed by atoms with Gasteiger partial charge in [-0.2, -0.15) is 4.98 Å². The fourth-order valence-electron chi connectivity index (χ4n) is 2.80. The van der Waals surface area contributed by atoms with Gasteiger partial charge >= 0.3 is 0 Å². The Balaban J connectivity index is 1.77. The van der Waals surface area contributed by atoms with Crippen molar-refractivity contribution in [3.63, 3.8) is 0 Å². The van der Waals surface area contributed by atoms with Gasteiger partial charge < -0.3 is 5.32 Å². The minimum Gasteiger partial charge on any atom is -0.326 e. The standard InChI is InChI=1S/C19H12ClN5O3/c20-12-3-5-13(6-4-12)22-19-23-17-16(18(26)24-19)15(9-10-21-17)11-1-7-14(8-2-11)25(27)28/h1-10H,(H2,21,22,23,24,26). The van der Waals surface area contributed by atoms with Crippen LogP contribution in [0.25, 0.3) is 22.2 Å². The van der Waals surface area contributed by atoms with Crippen LogP contribution in [0.1, 0.15) is 0 Å². The quantitative estimate of drug-likeness (QED) is 0.395. The second-order valence-electron chi connectivity index (χ2n) is 5.91. The Morgan fingerprint density at radius 2 is 1.75 bits per heavy atom. The fraction of sp³-hybridized carbons (Fsp3) is 0. The predicted octanol–water partition coefficient (Wildman–Crippen LogP) is 4.29. The zero-order valence-corrected chi connectivity index (χ0v) is 15.0. The first kappa shape index (κ1) is 17.6. The number of pyridine rings is 1. The molecule has 9 heteroatoms. The molecular formula is C19H12ClN5O3. The van der Waals surface area contributed by atoms with Gasteiger partial charge in [-0.3, -0.25) is 19.9 Å². The van der Waals surface area contributed by atoms with Crippen molar-refractivity contribution >= 4 is 40.0 Å². The number of aromatic amines is 1. The summed E-state index contributed by atoms with van der Waals surface area (Å²) in [7, 11) is 0. The zero-order chi connectivity index (χ0) is 19.7. The molecule has 2 aromatic carbocycles. The summed E-state index contributed by atoms with van der Waals surface area (Å²) in [5.41, 5.74) is 1.82. The monoisotopic (exact) mass is 393 g/mol. The van der Waals surface area contributed by atoms with Crippen LogP contribution in [0.15, 0.2) is 65.6 Å². The van der Waals surface area contributed by atoms with E-state index in [1.807, 2.05) is 0 Å². The van der Waals surface area contributed by atoms with Crippen LogP contribution in [0.2, 0.25) is 5.02 Å². The van der Waals surface area contributed by atoms with Gasteiger partial charge in [0.05, 0.1) is 10.3 Å². The SMILES string of the molecule is O=c1[nH]c(Nc2ccc(Cl)cc2)nc2nccc(-c3ccc([N+](=O)[O-])cc3)c12. The molecule has 0 saturated heterocycles. The number of fused-ring (bicyclic) bond motifs is 1. The van der Waals surface area contributed by atoms with Crippen molar-refractivity contribution in [2.24, 2.45) is 0 Å². The lowest BCUT2D eigenvalue weighted by molar-refractivity contribution is -0.384. The third-order valence-electron chi connectivity index (χ3n) is 4.10. The van der Waals surface area contributed by atoms with Gasteiger partial charge in [-0.25, -0.2) is 4.98 Å². The van der Waals surface area contributed by atoms with Gasteiger partial charge in [-0.05, 0) is 53.6 Å². The molecule has 0 aliphatic carbocycles. The van der Waals surface area contributed by atoms with Crippen LogP contribution in [0.3, 0.4) is 0 Å². The van der Waals surface area contributed by atoms with Crippen LogP contribution in [0.4, 0.5) is 17.3 Å². The fourth-order valence-corrected chi connectivity index (χ4v) is 2.92. The molecule has 0 aliphatic heterocycles. The number of nitro groups is 1. The summed E-state index contributed by atoms with van der Waals surface area (Å²) in [5.74, 6) is 0.244. The van der Waals surface area contributed by atoms with Crippen LogP contribution in [0.5, 0.6) is 0 Å².